The highest BCUT2D eigenvalue weighted by atomic mass is 19.1. The Balaban J connectivity index is 1.17. The van der Waals surface area contributed by atoms with Gasteiger partial charge in [0, 0.05) is 56.8 Å². The quantitative estimate of drug-likeness (QED) is 0.131. The van der Waals surface area contributed by atoms with Crippen LogP contribution in [0, 0.1) is 5.82 Å². The third kappa shape index (κ3) is 6.50. The SMILES string of the molecule is CN1C(=O)N(c2ccc(Oc3ccnc4cc(OCCCN5CCOCC5)c(C=O)cc34)c(F)c2)C(=O)C1Cc1ccccc1. The zero-order valence-electron chi connectivity index (χ0n) is 24.9. The van der Waals surface area contributed by atoms with Gasteiger partial charge in [-0.2, -0.15) is 0 Å². The number of morpholine rings is 1. The van der Waals surface area contributed by atoms with E-state index in [0.29, 0.717) is 41.5 Å². The van der Waals surface area contributed by atoms with Crippen LogP contribution in [0.1, 0.15) is 22.3 Å². The number of likely N-dealkylation sites (N-methyl/N-ethyl adjacent to an activating group) is 1. The van der Waals surface area contributed by atoms with Crippen LogP contribution in [0.15, 0.2) is 72.9 Å². The summed E-state index contributed by atoms with van der Waals surface area (Å²) in [4.78, 5) is 47.3. The standard InChI is InChI=1S/C34H33FN4O6/c1-37-29(18-23-6-3-2-4-7-23)33(41)39(34(37)42)25-8-9-31(27(35)20-25)45-30-10-11-36-28-21-32(24(22-40)19-26(28)30)44-15-5-12-38-13-16-43-17-14-38/h2-4,6-11,19-22,29H,5,12-18H2,1H3. The van der Waals surface area contributed by atoms with Crippen molar-refractivity contribution in [3.8, 4) is 17.2 Å². The lowest BCUT2D eigenvalue weighted by Crippen LogP contribution is -2.37. The third-order valence-electron chi connectivity index (χ3n) is 8.07. The number of benzene rings is 3. The molecule has 11 heteroatoms. The summed E-state index contributed by atoms with van der Waals surface area (Å²) in [5.74, 6) is -0.613. The second-order valence-corrected chi connectivity index (χ2v) is 11.0. The van der Waals surface area contributed by atoms with E-state index in [1.165, 1.54) is 23.2 Å². The molecule has 2 fully saturated rings. The van der Waals surface area contributed by atoms with Crippen LogP contribution in [0.3, 0.4) is 0 Å². The smallest absolute Gasteiger partial charge is 0.331 e. The number of hydrogen-bond donors (Lipinski definition) is 0. The number of carbonyl (C=O) groups is 3. The van der Waals surface area contributed by atoms with Crippen molar-refractivity contribution in [3.05, 3.63) is 89.9 Å². The summed E-state index contributed by atoms with van der Waals surface area (Å²) in [7, 11) is 1.56. The second kappa shape index (κ2) is 13.4. The van der Waals surface area contributed by atoms with Crippen LogP contribution in [0.2, 0.25) is 0 Å². The van der Waals surface area contributed by atoms with Gasteiger partial charge in [-0.05, 0) is 36.2 Å². The summed E-state index contributed by atoms with van der Waals surface area (Å²) in [5.41, 5.74) is 1.86. The lowest BCUT2D eigenvalue weighted by molar-refractivity contribution is -0.119. The van der Waals surface area contributed by atoms with E-state index >= 15 is 4.39 Å². The van der Waals surface area contributed by atoms with Crippen molar-refractivity contribution in [2.24, 2.45) is 0 Å². The average molecular weight is 613 g/mol. The molecule has 0 bridgehead atoms. The monoisotopic (exact) mass is 612 g/mol. The number of aromatic nitrogens is 1. The van der Waals surface area contributed by atoms with Crippen LogP contribution in [-0.4, -0.2) is 85.6 Å². The minimum Gasteiger partial charge on any atom is -0.493 e. The molecule has 2 aliphatic rings. The molecular formula is C34H33FN4O6. The first-order chi connectivity index (χ1) is 21.9. The van der Waals surface area contributed by atoms with Gasteiger partial charge in [0.05, 0.1) is 36.6 Å². The maximum Gasteiger partial charge on any atom is 0.331 e. The van der Waals surface area contributed by atoms with Crippen molar-refractivity contribution in [3.63, 3.8) is 0 Å². The number of hydrogen-bond acceptors (Lipinski definition) is 8. The van der Waals surface area contributed by atoms with Crippen molar-refractivity contribution in [1.82, 2.24) is 14.8 Å². The number of pyridine rings is 1. The minimum atomic E-state index is -0.761. The van der Waals surface area contributed by atoms with Crippen molar-refractivity contribution in [2.45, 2.75) is 18.9 Å². The molecule has 0 spiro atoms. The zero-order valence-corrected chi connectivity index (χ0v) is 24.9. The fourth-order valence-corrected chi connectivity index (χ4v) is 5.60. The molecule has 0 aliphatic carbocycles. The number of rotatable bonds is 11. The zero-order chi connectivity index (χ0) is 31.3. The van der Waals surface area contributed by atoms with E-state index in [2.05, 4.69) is 9.88 Å². The van der Waals surface area contributed by atoms with E-state index in [1.54, 1.807) is 25.2 Å². The second-order valence-electron chi connectivity index (χ2n) is 11.0. The number of urea groups is 1. The van der Waals surface area contributed by atoms with Crippen LogP contribution < -0.4 is 14.4 Å². The van der Waals surface area contributed by atoms with E-state index < -0.39 is 23.8 Å². The van der Waals surface area contributed by atoms with Gasteiger partial charge in [-0.3, -0.25) is 19.5 Å². The lowest BCUT2D eigenvalue weighted by Gasteiger charge is -2.26. The topological polar surface area (TPSA) is 102 Å². The first-order valence-corrected chi connectivity index (χ1v) is 14.9. The lowest BCUT2D eigenvalue weighted by atomic mass is 10.1. The number of nitrogens with zero attached hydrogens (tertiary/aromatic N) is 4. The molecule has 3 aromatic carbocycles. The minimum absolute atomic E-state index is 0.107. The predicted molar refractivity (Wildman–Crippen MR) is 166 cm³/mol. The summed E-state index contributed by atoms with van der Waals surface area (Å²) in [6.45, 7) is 4.56. The number of fused-ring (bicyclic) bond motifs is 1. The molecule has 1 unspecified atom stereocenters. The Morgan fingerprint density at radius 1 is 1.00 bits per heavy atom. The summed E-state index contributed by atoms with van der Waals surface area (Å²) in [6.07, 6.45) is 3.37. The van der Waals surface area contributed by atoms with Gasteiger partial charge in [-0.1, -0.05) is 30.3 Å². The molecule has 10 nitrogen and oxygen atoms in total. The van der Waals surface area contributed by atoms with E-state index in [4.69, 9.17) is 14.2 Å². The highest BCUT2D eigenvalue weighted by molar-refractivity contribution is 6.21. The van der Waals surface area contributed by atoms with Gasteiger partial charge in [0.2, 0.25) is 0 Å². The van der Waals surface area contributed by atoms with E-state index in [9.17, 15) is 14.4 Å². The molecule has 0 saturated carbocycles. The maximum absolute atomic E-state index is 15.4. The highest BCUT2D eigenvalue weighted by Gasteiger charge is 2.44. The first kappa shape index (κ1) is 30.2. The van der Waals surface area contributed by atoms with Crippen LogP contribution in [-0.2, 0) is 16.0 Å². The van der Waals surface area contributed by atoms with Crippen LogP contribution >= 0.6 is 0 Å². The van der Waals surface area contributed by atoms with Gasteiger partial charge in [-0.15, -0.1) is 0 Å². The Labute approximate surface area is 259 Å². The van der Waals surface area contributed by atoms with Gasteiger partial charge in [-0.25, -0.2) is 14.1 Å². The molecular weight excluding hydrogens is 579 g/mol. The molecule has 6 rings (SSSR count). The van der Waals surface area contributed by atoms with Crippen molar-refractivity contribution in [1.29, 1.82) is 0 Å². The molecule has 1 aromatic heterocycles. The van der Waals surface area contributed by atoms with Crippen LogP contribution in [0.25, 0.3) is 10.9 Å². The average Bonchev–Trinajstić information content (AvgIpc) is 3.27. The number of ether oxygens (including phenoxy) is 3. The van der Waals surface area contributed by atoms with E-state index in [0.717, 1.165) is 55.8 Å². The number of anilines is 1. The number of amides is 3. The first-order valence-electron chi connectivity index (χ1n) is 14.9. The third-order valence-corrected chi connectivity index (χ3v) is 8.07. The van der Waals surface area contributed by atoms with Gasteiger partial charge in [0.25, 0.3) is 5.91 Å². The molecule has 232 valence electrons. The number of halogens is 1. The Kier molecular flexibility index (Phi) is 8.99. The molecule has 2 saturated heterocycles. The Morgan fingerprint density at radius 2 is 1.80 bits per heavy atom. The number of imide groups is 1. The summed E-state index contributed by atoms with van der Waals surface area (Å²) >= 11 is 0. The Hall–Kier alpha value is -4.87. The predicted octanol–water partition coefficient (Wildman–Crippen LogP) is 5.09. The van der Waals surface area contributed by atoms with Gasteiger partial charge >= 0.3 is 6.03 Å². The van der Waals surface area contributed by atoms with Gasteiger partial charge in [0.15, 0.2) is 17.9 Å². The van der Waals surface area contributed by atoms with Crippen LogP contribution in [0.5, 0.6) is 17.2 Å². The van der Waals surface area contributed by atoms with Gasteiger partial charge < -0.3 is 19.1 Å². The molecule has 3 heterocycles. The molecule has 3 amide bonds. The Morgan fingerprint density at radius 3 is 2.56 bits per heavy atom. The molecule has 2 aliphatic heterocycles. The summed E-state index contributed by atoms with van der Waals surface area (Å²) < 4.78 is 32.7. The maximum atomic E-state index is 15.4. The van der Waals surface area contributed by atoms with E-state index in [1.807, 2.05) is 30.3 Å². The fourth-order valence-electron chi connectivity index (χ4n) is 5.60. The number of carbonyl (C=O) groups excluding carboxylic acids is 3. The molecule has 45 heavy (non-hydrogen) atoms. The fraction of sp³-hybridized carbons (Fsp3) is 0.294. The van der Waals surface area contributed by atoms with Crippen molar-refractivity contribution >= 4 is 34.8 Å². The largest absolute Gasteiger partial charge is 0.493 e. The van der Waals surface area contributed by atoms with Crippen LogP contribution in [0.4, 0.5) is 14.9 Å². The van der Waals surface area contributed by atoms with Gasteiger partial charge in [0.1, 0.15) is 17.5 Å². The molecule has 0 N–H and O–H groups in total. The van der Waals surface area contributed by atoms with Crippen molar-refractivity contribution in [2.75, 3.05) is 51.4 Å². The summed E-state index contributed by atoms with van der Waals surface area (Å²) in [6, 6.07) is 17.0. The molecule has 1 atom stereocenters. The van der Waals surface area contributed by atoms with E-state index in [-0.39, 0.29) is 17.2 Å². The Bertz CT molecular complexity index is 1710. The molecule has 4 aromatic rings. The van der Waals surface area contributed by atoms with Crippen molar-refractivity contribution < 1.29 is 33.0 Å². The summed E-state index contributed by atoms with van der Waals surface area (Å²) in [5, 5.41) is 0.499. The highest BCUT2D eigenvalue weighted by Crippen LogP contribution is 2.36. The number of aldehydes is 1. The normalized spacial score (nSPS) is 17.2. The molecule has 0 radical (unpaired) electrons.